The molecule has 2 heterocycles. The third kappa shape index (κ3) is 2.94. The zero-order valence-corrected chi connectivity index (χ0v) is 16.6. The van der Waals surface area contributed by atoms with Crippen molar-refractivity contribution in [2.24, 2.45) is 16.7 Å². The Bertz CT molecular complexity index is 745. The molecule has 0 aromatic carbocycles. The lowest BCUT2D eigenvalue weighted by Crippen LogP contribution is -2.59. The van der Waals surface area contributed by atoms with Crippen molar-refractivity contribution in [3.8, 4) is 0 Å². The Morgan fingerprint density at radius 3 is 2.73 bits per heavy atom. The minimum atomic E-state index is -0.531. The molecule has 3 amide bonds. The summed E-state index contributed by atoms with van der Waals surface area (Å²) in [5.74, 6) is -0.681. The predicted molar refractivity (Wildman–Crippen MR) is 98.5 cm³/mol. The molecule has 1 aromatic rings. The molecule has 1 aliphatic heterocycles. The van der Waals surface area contributed by atoms with Gasteiger partial charge in [-0.3, -0.25) is 19.3 Å². The minimum absolute atomic E-state index is 0.0728. The van der Waals surface area contributed by atoms with Crippen molar-refractivity contribution < 1.29 is 14.4 Å². The van der Waals surface area contributed by atoms with Gasteiger partial charge in [-0.2, -0.15) is 0 Å². The molecule has 2 unspecified atom stereocenters. The van der Waals surface area contributed by atoms with E-state index in [4.69, 9.17) is 0 Å². The highest BCUT2D eigenvalue weighted by molar-refractivity contribution is 7.15. The Kier molecular flexibility index (Phi) is 4.90. The summed E-state index contributed by atoms with van der Waals surface area (Å²) in [6.07, 6.45) is 3.34. The second kappa shape index (κ2) is 6.72. The lowest BCUT2D eigenvalue weighted by Gasteiger charge is -2.47. The molecule has 0 radical (unpaired) electrons. The number of hydrogen-bond donors (Lipinski definition) is 1. The van der Waals surface area contributed by atoms with Crippen LogP contribution in [0.3, 0.4) is 0 Å². The smallest absolute Gasteiger partial charge is 0.235 e. The zero-order chi connectivity index (χ0) is 19.1. The summed E-state index contributed by atoms with van der Waals surface area (Å²) < 4.78 is 0. The first-order chi connectivity index (χ1) is 12.2. The molecular weight excluding hydrogens is 352 g/mol. The summed E-state index contributed by atoms with van der Waals surface area (Å²) in [6.45, 7) is 8.14. The Morgan fingerprint density at radius 1 is 1.31 bits per heavy atom. The van der Waals surface area contributed by atoms with E-state index in [1.807, 2.05) is 20.8 Å². The second-order valence-corrected chi connectivity index (χ2v) is 9.05. The quantitative estimate of drug-likeness (QED) is 0.768. The van der Waals surface area contributed by atoms with Gasteiger partial charge in [0.15, 0.2) is 0 Å². The van der Waals surface area contributed by atoms with Crippen LogP contribution in [0.4, 0.5) is 5.13 Å². The van der Waals surface area contributed by atoms with Crippen LogP contribution >= 0.6 is 11.3 Å². The van der Waals surface area contributed by atoms with Crippen LogP contribution in [0.1, 0.15) is 58.4 Å². The van der Waals surface area contributed by atoms with Gasteiger partial charge < -0.3 is 5.32 Å². The molecule has 1 saturated heterocycles. The summed E-state index contributed by atoms with van der Waals surface area (Å²) in [5.41, 5.74) is -0.863. The van der Waals surface area contributed by atoms with E-state index in [-0.39, 0.29) is 42.0 Å². The van der Waals surface area contributed by atoms with Crippen LogP contribution in [0.25, 0.3) is 0 Å². The summed E-state index contributed by atoms with van der Waals surface area (Å²) in [7, 11) is 0. The van der Waals surface area contributed by atoms with Crippen molar-refractivity contribution in [3.63, 3.8) is 0 Å². The third-order valence-electron chi connectivity index (χ3n) is 6.25. The number of likely N-dealkylation sites (tertiary alicyclic amines) is 1. The van der Waals surface area contributed by atoms with Gasteiger partial charge in [-0.1, -0.05) is 39.0 Å². The molecule has 7 nitrogen and oxygen atoms in total. The number of nitrogens with zero attached hydrogens (tertiary/aromatic N) is 3. The summed E-state index contributed by atoms with van der Waals surface area (Å²) in [4.78, 5) is 39.2. The highest BCUT2D eigenvalue weighted by Gasteiger charge is 2.64. The van der Waals surface area contributed by atoms with Gasteiger partial charge >= 0.3 is 0 Å². The SMILES string of the molecule is CCCc1nnc(NC(=O)CCN2C(=O)C3CCC(C)(C2=O)C3(C)C)s1. The van der Waals surface area contributed by atoms with Crippen molar-refractivity contribution in [1.82, 2.24) is 15.1 Å². The summed E-state index contributed by atoms with van der Waals surface area (Å²) >= 11 is 1.36. The second-order valence-electron chi connectivity index (χ2n) is 7.99. The number of anilines is 1. The van der Waals surface area contributed by atoms with E-state index < -0.39 is 5.41 Å². The Labute approximate surface area is 157 Å². The molecule has 2 fully saturated rings. The molecular formula is C18H26N4O3S. The zero-order valence-electron chi connectivity index (χ0n) is 15.8. The predicted octanol–water partition coefficient (Wildman–Crippen LogP) is 2.63. The number of piperidine rings is 1. The molecule has 2 atom stereocenters. The number of aryl methyl sites for hydroxylation is 1. The van der Waals surface area contributed by atoms with E-state index in [9.17, 15) is 14.4 Å². The monoisotopic (exact) mass is 378 g/mol. The standard InChI is InChI=1S/C18H26N4O3S/c1-5-6-13-20-21-16(26-13)19-12(23)8-10-22-14(24)11-7-9-18(4,15(22)25)17(11,2)3/h11H,5-10H2,1-4H3,(H,19,21,23). The van der Waals surface area contributed by atoms with Gasteiger partial charge in [0.25, 0.3) is 0 Å². The van der Waals surface area contributed by atoms with E-state index in [1.165, 1.54) is 16.2 Å². The number of aromatic nitrogens is 2. The average molecular weight is 378 g/mol. The normalized spacial score (nSPS) is 27.1. The van der Waals surface area contributed by atoms with E-state index in [2.05, 4.69) is 22.4 Å². The molecule has 2 aliphatic rings. The first-order valence-electron chi connectivity index (χ1n) is 9.18. The largest absolute Gasteiger partial charge is 0.300 e. The number of rotatable bonds is 6. The molecule has 2 bridgehead atoms. The number of imide groups is 1. The molecule has 1 N–H and O–H groups in total. The number of amides is 3. The van der Waals surface area contributed by atoms with Crippen LogP contribution in [0, 0.1) is 16.7 Å². The van der Waals surface area contributed by atoms with Crippen molar-refractivity contribution in [2.45, 2.75) is 59.8 Å². The van der Waals surface area contributed by atoms with Gasteiger partial charge in [-0.25, -0.2) is 0 Å². The molecule has 1 saturated carbocycles. The summed E-state index contributed by atoms with van der Waals surface area (Å²) in [5, 5.41) is 12.0. The molecule has 8 heteroatoms. The van der Waals surface area contributed by atoms with E-state index in [0.717, 1.165) is 30.7 Å². The maximum absolute atomic E-state index is 12.9. The lowest BCUT2D eigenvalue weighted by atomic mass is 9.62. The topological polar surface area (TPSA) is 92.3 Å². The van der Waals surface area contributed by atoms with E-state index in [1.54, 1.807) is 0 Å². The third-order valence-corrected chi connectivity index (χ3v) is 7.15. The van der Waals surface area contributed by atoms with Gasteiger partial charge in [-0.05, 0) is 24.7 Å². The van der Waals surface area contributed by atoms with Crippen LogP contribution in [0.5, 0.6) is 0 Å². The van der Waals surface area contributed by atoms with E-state index >= 15 is 0 Å². The van der Waals surface area contributed by atoms with Crippen molar-refractivity contribution in [3.05, 3.63) is 5.01 Å². The highest BCUT2D eigenvalue weighted by Crippen LogP contribution is 2.59. The fraction of sp³-hybridized carbons (Fsp3) is 0.722. The van der Waals surface area contributed by atoms with Gasteiger partial charge in [-0.15, -0.1) is 10.2 Å². The molecule has 3 rings (SSSR count). The van der Waals surface area contributed by atoms with Crippen LogP contribution in [0.2, 0.25) is 0 Å². The first kappa shape index (κ1) is 18.9. The number of carbonyl (C=O) groups excluding carboxylic acids is 3. The Hall–Kier alpha value is -1.83. The van der Waals surface area contributed by atoms with Gasteiger partial charge in [0, 0.05) is 25.3 Å². The van der Waals surface area contributed by atoms with Crippen LogP contribution < -0.4 is 5.32 Å². The first-order valence-corrected chi connectivity index (χ1v) is 10.0. The highest BCUT2D eigenvalue weighted by atomic mass is 32.1. The lowest BCUT2D eigenvalue weighted by molar-refractivity contribution is -0.167. The number of carbonyl (C=O) groups is 3. The van der Waals surface area contributed by atoms with Crippen LogP contribution in [-0.2, 0) is 20.8 Å². The van der Waals surface area contributed by atoms with Gasteiger partial charge in [0.1, 0.15) is 5.01 Å². The summed E-state index contributed by atoms with van der Waals surface area (Å²) in [6, 6.07) is 0. The van der Waals surface area contributed by atoms with Crippen molar-refractivity contribution in [2.75, 3.05) is 11.9 Å². The molecule has 1 aromatic heterocycles. The van der Waals surface area contributed by atoms with Crippen molar-refractivity contribution in [1.29, 1.82) is 0 Å². The number of fused-ring (bicyclic) bond motifs is 2. The maximum atomic E-state index is 12.9. The fourth-order valence-electron chi connectivity index (χ4n) is 4.13. The van der Waals surface area contributed by atoms with Gasteiger partial charge in [0.2, 0.25) is 22.9 Å². The van der Waals surface area contributed by atoms with E-state index in [0.29, 0.717) is 5.13 Å². The minimum Gasteiger partial charge on any atom is -0.300 e. The number of hydrogen-bond acceptors (Lipinski definition) is 6. The fourth-order valence-corrected chi connectivity index (χ4v) is 4.98. The molecule has 26 heavy (non-hydrogen) atoms. The van der Waals surface area contributed by atoms with Crippen LogP contribution in [-0.4, -0.2) is 39.4 Å². The van der Waals surface area contributed by atoms with Gasteiger partial charge in [0.05, 0.1) is 5.41 Å². The number of nitrogens with one attached hydrogen (secondary N) is 1. The molecule has 0 spiro atoms. The Balaban J connectivity index is 1.61. The van der Waals surface area contributed by atoms with Crippen molar-refractivity contribution >= 4 is 34.2 Å². The molecule has 142 valence electrons. The molecule has 1 aliphatic carbocycles. The maximum Gasteiger partial charge on any atom is 0.235 e. The van der Waals surface area contributed by atoms with Crippen LogP contribution in [0.15, 0.2) is 0 Å². The average Bonchev–Trinajstić information content (AvgIpc) is 3.07. The Morgan fingerprint density at radius 2 is 2.04 bits per heavy atom.